The van der Waals surface area contributed by atoms with Gasteiger partial charge in [0.15, 0.2) is 0 Å². The van der Waals surface area contributed by atoms with E-state index in [4.69, 9.17) is 4.43 Å². The van der Waals surface area contributed by atoms with Crippen molar-refractivity contribution in [3.8, 4) is 5.75 Å². The van der Waals surface area contributed by atoms with Gasteiger partial charge in [-0.15, -0.1) is 6.58 Å². The van der Waals surface area contributed by atoms with Gasteiger partial charge in [0.05, 0.1) is 6.10 Å². The molecule has 1 aromatic carbocycles. The first-order valence-electron chi connectivity index (χ1n) is 8.22. The minimum atomic E-state index is -1.76. The molecule has 0 saturated carbocycles. The van der Waals surface area contributed by atoms with Crippen molar-refractivity contribution >= 4 is 8.32 Å². The van der Waals surface area contributed by atoms with Crippen LogP contribution in [0.4, 0.5) is 0 Å². The Morgan fingerprint density at radius 2 is 1.77 bits per heavy atom. The van der Waals surface area contributed by atoms with E-state index < -0.39 is 8.32 Å². The predicted molar refractivity (Wildman–Crippen MR) is 98.0 cm³/mol. The summed E-state index contributed by atoms with van der Waals surface area (Å²) in [6.07, 6.45) is 5.00. The third-order valence-electron chi connectivity index (χ3n) is 4.57. The smallest absolute Gasteiger partial charge is 0.250 e. The highest BCUT2D eigenvalue weighted by atomic mass is 28.4. The second-order valence-electron chi connectivity index (χ2n) is 7.56. The molecule has 2 nitrogen and oxygen atoms in total. The molecule has 1 atom stereocenters. The monoisotopic (exact) mass is 320 g/mol. The highest BCUT2D eigenvalue weighted by molar-refractivity contribution is 6.74. The van der Waals surface area contributed by atoms with Gasteiger partial charge < -0.3 is 9.53 Å². The molecular formula is C19H32O2Si. The molecule has 0 bridgehead atoms. The van der Waals surface area contributed by atoms with E-state index in [9.17, 15) is 5.11 Å². The number of aliphatic hydroxyl groups is 1. The standard InChI is InChI=1S/C19H32O2Si/c1-7-8-9-17(20)13-10-16-11-14-18(15-12-16)21-22(5,6)19(2,3)4/h7,11-12,14-15,17,20H,1,8-10,13H2,2-6H3. The van der Waals surface area contributed by atoms with Gasteiger partial charge in [-0.2, -0.15) is 0 Å². The third-order valence-corrected chi connectivity index (χ3v) is 8.93. The van der Waals surface area contributed by atoms with Gasteiger partial charge in [0.25, 0.3) is 0 Å². The van der Waals surface area contributed by atoms with Crippen LogP contribution in [0.15, 0.2) is 36.9 Å². The summed E-state index contributed by atoms with van der Waals surface area (Å²) in [4.78, 5) is 0. The number of benzene rings is 1. The summed E-state index contributed by atoms with van der Waals surface area (Å²) in [6, 6.07) is 8.35. The fraction of sp³-hybridized carbons (Fsp3) is 0.579. The minimum absolute atomic E-state index is 0.209. The molecule has 1 aromatic rings. The maximum Gasteiger partial charge on any atom is 0.250 e. The molecule has 0 fully saturated rings. The molecule has 1 unspecified atom stereocenters. The number of hydrogen-bond donors (Lipinski definition) is 1. The largest absolute Gasteiger partial charge is 0.544 e. The van der Waals surface area contributed by atoms with Crippen molar-refractivity contribution in [3.05, 3.63) is 42.5 Å². The zero-order valence-electron chi connectivity index (χ0n) is 14.9. The molecule has 0 spiro atoms. The highest BCUT2D eigenvalue weighted by Gasteiger charge is 2.38. The Morgan fingerprint density at radius 1 is 1.18 bits per heavy atom. The van der Waals surface area contributed by atoms with Crippen molar-refractivity contribution in [1.82, 2.24) is 0 Å². The van der Waals surface area contributed by atoms with E-state index >= 15 is 0 Å². The quantitative estimate of drug-likeness (QED) is 0.518. The fourth-order valence-electron chi connectivity index (χ4n) is 1.96. The van der Waals surface area contributed by atoms with Crippen LogP contribution in [-0.2, 0) is 6.42 Å². The summed E-state index contributed by atoms with van der Waals surface area (Å²) in [7, 11) is -1.76. The van der Waals surface area contributed by atoms with Crippen LogP contribution in [0.1, 0.15) is 45.6 Å². The zero-order chi connectivity index (χ0) is 16.8. The number of hydrogen-bond acceptors (Lipinski definition) is 2. The van der Waals surface area contributed by atoms with Crippen molar-refractivity contribution in [2.24, 2.45) is 0 Å². The number of allylic oxidation sites excluding steroid dienone is 1. The fourth-order valence-corrected chi connectivity index (χ4v) is 2.99. The third kappa shape index (κ3) is 5.97. The van der Waals surface area contributed by atoms with E-state index in [1.807, 2.05) is 6.08 Å². The van der Waals surface area contributed by atoms with Crippen molar-refractivity contribution in [3.63, 3.8) is 0 Å². The van der Waals surface area contributed by atoms with Crippen molar-refractivity contribution < 1.29 is 9.53 Å². The van der Waals surface area contributed by atoms with Gasteiger partial charge in [-0.3, -0.25) is 0 Å². The van der Waals surface area contributed by atoms with Crippen molar-refractivity contribution in [2.75, 3.05) is 0 Å². The summed E-state index contributed by atoms with van der Waals surface area (Å²) in [5, 5.41) is 10.1. The van der Waals surface area contributed by atoms with Gasteiger partial charge in [-0.25, -0.2) is 0 Å². The normalized spacial score (nSPS) is 13.7. The van der Waals surface area contributed by atoms with Crippen LogP contribution < -0.4 is 4.43 Å². The van der Waals surface area contributed by atoms with Crippen LogP contribution in [0, 0.1) is 0 Å². The Labute approximate surface area is 137 Å². The van der Waals surface area contributed by atoms with Crippen LogP contribution in [0.5, 0.6) is 5.75 Å². The Bertz CT molecular complexity index is 457. The average molecular weight is 321 g/mol. The lowest BCUT2D eigenvalue weighted by atomic mass is 10.0. The summed E-state index contributed by atoms with van der Waals surface area (Å²) in [5.41, 5.74) is 1.25. The zero-order valence-corrected chi connectivity index (χ0v) is 15.9. The molecule has 0 aliphatic rings. The Morgan fingerprint density at radius 3 is 2.27 bits per heavy atom. The SMILES string of the molecule is C=CCCC(O)CCc1ccc(O[Si](C)(C)C(C)(C)C)cc1. The minimum Gasteiger partial charge on any atom is -0.544 e. The second kappa shape index (κ2) is 7.98. The second-order valence-corrected chi connectivity index (χ2v) is 12.3. The Balaban J connectivity index is 2.55. The lowest BCUT2D eigenvalue weighted by molar-refractivity contribution is 0.156. The molecule has 0 saturated heterocycles. The van der Waals surface area contributed by atoms with E-state index in [2.05, 4.69) is 64.7 Å². The maximum atomic E-state index is 9.87. The average Bonchev–Trinajstić information content (AvgIpc) is 2.42. The maximum absolute atomic E-state index is 9.87. The lowest BCUT2D eigenvalue weighted by Gasteiger charge is -2.36. The van der Waals surface area contributed by atoms with E-state index in [0.717, 1.165) is 31.4 Å². The molecule has 1 N–H and O–H groups in total. The molecular weight excluding hydrogens is 288 g/mol. The van der Waals surface area contributed by atoms with Crippen LogP contribution in [0.3, 0.4) is 0 Å². The van der Waals surface area contributed by atoms with Gasteiger partial charge in [0.2, 0.25) is 8.32 Å². The van der Waals surface area contributed by atoms with E-state index in [1.54, 1.807) is 0 Å². The molecule has 0 aliphatic carbocycles. The summed E-state index contributed by atoms with van der Waals surface area (Å²) in [5.74, 6) is 0.961. The molecule has 124 valence electrons. The summed E-state index contributed by atoms with van der Waals surface area (Å²) < 4.78 is 6.28. The van der Waals surface area contributed by atoms with Crippen molar-refractivity contribution in [2.45, 2.75) is 70.7 Å². The summed E-state index contributed by atoms with van der Waals surface area (Å²) >= 11 is 0. The lowest BCUT2D eigenvalue weighted by Crippen LogP contribution is -2.43. The molecule has 22 heavy (non-hydrogen) atoms. The molecule has 0 radical (unpaired) electrons. The molecule has 0 amide bonds. The highest BCUT2D eigenvalue weighted by Crippen LogP contribution is 2.37. The van der Waals surface area contributed by atoms with Gasteiger partial charge in [-0.1, -0.05) is 39.0 Å². The number of rotatable bonds is 8. The Kier molecular flexibility index (Phi) is 6.88. The first kappa shape index (κ1) is 19.0. The first-order chi connectivity index (χ1) is 10.2. The van der Waals surface area contributed by atoms with Crippen molar-refractivity contribution in [1.29, 1.82) is 0 Å². The van der Waals surface area contributed by atoms with E-state index in [-0.39, 0.29) is 11.1 Å². The van der Waals surface area contributed by atoms with Gasteiger partial charge in [-0.05, 0) is 61.5 Å². The molecule has 0 heterocycles. The Hall–Kier alpha value is -1.06. The van der Waals surface area contributed by atoms with Gasteiger partial charge >= 0.3 is 0 Å². The van der Waals surface area contributed by atoms with Crippen LogP contribution in [-0.4, -0.2) is 19.5 Å². The van der Waals surface area contributed by atoms with Gasteiger partial charge in [0.1, 0.15) is 5.75 Å². The topological polar surface area (TPSA) is 29.5 Å². The van der Waals surface area contributed by atoms with E-state index in [0.29, 0.717) is 0 Å². The molecule has 0 aliphatic heterocycles. The van der Waals surface area contributed by atoms with E-state index in [1.165, 1.54) is 5.56 Å². The van der Waals surface area contributed by atoms with Gasteiger partial charge in [0, 0.05) is 0 Å². The van der Waals surface area contributed by atoms with Crippen LogP contribution in [0.2, 0.25) is 18.1 Å². The van der Waals surface area contributed by atoms with Crippen LogP contribution in [0.25, 0.3) is 0 Å². The molecule has 0 aromatic heterocycles. The first-order valence-corrected chi connectivity index (χ1v) is 11.1. The number of aryl methyl sites for hydroxylation is 1. The predicted octanol–water partition coefficient (Wildman–Crippen LogP) is 5.33. The molecule has 3 heteroatoms. The molecule has 1 rings (SSSR count). The number of aliphatic hydroxyl groups excluding tert-OH is 1. The van der Waals surface area contributed by atoms with Crippen LogP contribution >= 0.6 is 0 Å². The summed E-state index contributed by atoms with van der Waals surface area (Å²) in [6.45, 7) is 15.0.